The Kier molecular flexibility index (Phi) is 3.92. The molecule has 5 rings (SSSR count). The first-order chi connectivity index (χ1) is 13.9. The number of ether oxygens (including phenoxy) is 1. The molecule has 2 heterocycles. The quantitative estimate of drug-likeness (QED) is 0.659. The van der Waals surface area contributed by atoms with Gasteiger partial charge in [-0.3, -0.25) is 0 Å². The molecule has 1 aromatic heterocycles. The highest BCUT2D eigenvalue weighted by atomic mass is 16.5. The van der Waals surface area contributed by atoms with Crippen LogP contribution in [0.1, 0.15) is 55.2 Å². The highest BCUT2D eigenvalue weighted by Crippen LogP contribution is 2.51. The van der Waals surface area contributed by atoms with Crippen molar-refractivity contribution in [1.29, 1.82) is 0 Å². The largest absolute Gasteiger partial charge is 0.504 e. The number of benzene rings is 2. The molecule has 2 aliphatic rings. The van der Waals surface area contributed by atoms with Gasteiger partial charge in [-0.15, -0.1) is 0 Å². The number of hydrogen-bond donors (Lipinski definition) is 2. The lowest BCUT2D eigenvalue weighted by molar-refractivity contribution is 0.312. The highest BCUT2D eigenvalue weighted by molar-refractivity contribution is 5.52. The van der Waals surface area contributed by atoms with Crippen molar-refractivity contribution in [3.05, 3.63) is 70.9 Å². The molecule has 150 valence electrons. The molecule has 0 saturated heterocycles. The van der Waals surface area contributed by atoms with Crippen LogP contribution in [0.25, 0.3) is 0 Å². The van der Waals surface area contributed by atoms with Gasteiger partial charge in [-0.25, -0.2) is 4.68 Å². The number of fused-ring (bicyclic) bond motifs is 5. The number of anilines is 1. The van der Waals surface area contributed by atoms with Gasteiger partial charge < -0.3 is 15.2 Å². The zero-order valence-corrected chi connectivity index (χ0v) is 17.3. The SMILES string of the molecule is COc1cc(C2Nc3cc(C(C)(C)C)nn3C3c4ccccc4CC23)ccc1O. The topological polar surface area (TPSA) is 59.3 Å². The predicted molar refractivity (Wildman–Crippen MR) is 114 cm³/mol. The summed E-state index contributed by atoms with van der Waals surface area (Å²) < 4.78 is 7.56. The van der Waals surface area contributed by atoms with E-state index in [0.717, 1.165) is 23.5 Å². The van der Waals surface area contributed by atoms with Gasteiger partial charge in [-0.05, 0) is 35.2 Å². The van der Waals surface area contributed by atoms with Crippen LogP contribution in [0.3, 0.4) is 0 Å². The molecule has 3 unspecified atom stereocenters. The number of rotatable bonds is 2. The van der Waals surface area contributed by atoms with Crippen molar-refractivity contribution in [2.24, 2.45) is 5.92 Å². The molecule has 2 N–H and O–H groups in total. The van der Waals surface area contributed by atoms with E-state index >= 15 is 0 Å². The van der Waals surface area contributed by atoms with Gasteiger partial charge >= 0.3 is 0 Å². The van der Waals surface area contributed by atoms with Crippen LogP contribution in [0.2, 0.25) is 0 Å². The van der Waals surface area contributed by atoms with Gasteiger partial charge in [0.15, 0.2) is 11.5 Å². The normalized spacial score (nSPS) is 22.4. The summed E-state index contributed by atoms with van der Waals surface area (Å²) in [7, 11) is 1.59. The number of nitrogens with one attached hydrogen (secondary N) is 1. The van der Waals surface area contributed by atoms with Crippen molar-refractivity contribution >= 4 is 5.82 Å². The van der Waals surface area contributed by atoms with E-state index in [9.17, 15) is 5.11 Å². The van der Waals surface area contributed by atoms with E-state index in [4.69, 9.17) is 9.84 Å². The van der Waals surface area contributed by atoms with Gasteiger partial charge in [0.05, 0.1) is 24.9 Å². The monoisotopic (exact) mass is 389 g/mol. The van der Waals surface area contributed by atoms with Crippen LogP contribution in [0.15, 0.2) is 48.5 Å². The Morgan fingerprint density at radius 2 is 1.93 bits per heavy atom. The van der Waals surface area contributed by atoms with E-state index in [2.05, 4.69) is 61.1 Å². The molecule has 0 bridgehead atoms. The highest BCUT2D eigenvalue weighted by Gasteiger charge is 2.44. The zero-order chi connectivity index (χ0) is 20.3. The molecule has 0 spiro atoms. The molecule has 1 aliphatic heterocycles. The number of phenols is 1. The van der Waals surface area contributed by atoms with Gasteiger partial charge in [0.1, 0.15) is 5.82 Å². The third kappa shape index (κ3) is 2.79. The molecule has 1 aliphatic carbocycles. The standard InChI is InChI=1S/C24H27N3O2/c1-24(2,3)20-13-21-25-22(15-9-10-18(28)19(12-15)29-4)17-11-14-7-5-6-8-16(14)23(17)27(21)26-20/h5-10,12-13,17,22-23,25,28H,11H2,1-4H3. The molecule has 5 nitrogen and oxygen atoms in total. The van der Waals surface area contributed by atoms with Crippen LogP contribution in [0.4, 0.5) is 5.82 Å². The van der Waals surface area contributed by atoms with E-state index < -0.39 is 0 Å². The van der Waals surface area contributed by atoms with Crippen LogP contribution >= 0.6 is 0 Å². The Morgan fingerprint density at radius 3 is 2.69 bits per heavy atom. The lowest BCUT2D eigenvalue weighted by atomic mass is 9.85. The van der Waals surface area contributed by atoms with E-state index in [-0.39, 0.29) is 23.2 Å². The molecule has 29 heavy (non-hydrogen) atoms. The summed E-state index contributed by atoms with van der Waals surface area (Å²) in [5.41, 5.74) is 4.94. The van der Waals surface area contributed by atoms with Crippen molar-refractivity contribution in [3.8, 4) is 11.5 Å². The second kappa shape index (κ2) is 6.28. The van der Waals surface area contributed by atoms with E-state index in [1.165, 1.54) is 11.1 Å². The number of hydrogen-bond acceptors (Lipinski definition) is 4. The Hall–Kier alpha value is -2.95. The van der Waals surface area contributed by atoms with Crippen molar-refractivity contribution in [2.45, 2.75) is 44.7 Å². The fraction of sp³-hybridized carbons (Fsp3) is 0.375. The van der Waals surface area contributed by atoms with Crippen LogP contribution < -0.4 is 10.1 Å². The van der Waals surface area contributed by atoms with Crippen molar-refractivity contribution < 1.29 is 9.84 Å². The molecule has 3 atom stereocenters. The third-order valence-electron chi connectivity index (χ3n) is 6.30. The number of aromatic hydroxyl groups is 1. The number of aromatic nitrogens is 2. The van der Waals surface area contributed by atoms with Crippen LogP contribution in [0, 0.1) is 5.92 Å². The molecule has 2 aromatic carbocycles. The summed E-state index contributed by atoms with van der Waals surface area (Å²) in [6, 6.07) is 16.9. The Morgan fingerprint density at radius 1 is 1.14 bits per heavy atom. The lowest BCUT2D eigenvalue weighted by Crippen LogP contribution is -2.34. The lowest BCUT2D eigenvalue weighted by Gasteiger charge is -2.37. The van der Waals surface area contributed by atoms with Gasteiger partial charge in [0, 0.05) is 17.4 Å². The van der Waals surface area contributed by atoms with Gasteiger partial charge in [0.25, 0.3) is 0 Å². The fourth-order valence-electron chi connectivity index (χ4n) is 4.78. The van der Waals surface area contributed by atoms with E-state index in [0.29, 0.717) is 11.7 Å². The van der Waals surface area contributed by atoms with Crippen LogP contribution in [-0.2, 0) is 11.8 Å². The first kappa shape index (κ1) is 18.1. The molecule has 3 aromatic rings. The Bertz CT molecular complexity index is 1080. The van der Waals surface area contributed by atoms with E-state index in [1.54, 1.807) is 13.2 Å². The summed E-state index contributed by atoms with van der Waals surface area (Å²) in [5.74, 6) is 2.05. The molecule has 0 radical (unpaired) electrons. The second-order valence-corrected chi connectivity index (χ2v) is 9.17. The smallest absolute Gasteiger partial charge is 0.160 e. The van der Waals surface area contributed by atoms with Crippen LogP contribution in [0.5, 0.6) is 11.5 Å². The molecule has 5 heteroatoms. The van der Waals surface area contributed by atoms with Crippen molar-refractivity contribution in [2.75, 3.05) is 12.4 Å². The minimum Gasteiger partial charge on any atom is -0.504 e. The molecule has 0 saturated carbocycles. The third-order valence-corrected chi connectivity index (χ3v) is 6.30. The average Bonchev–Trinajstić information content (AvgIpc) is 3.29. The summed E-state index contributed by atoms with van der Waals surface area (Å²) in [6.07, 6.45) is 0.992. The van der Waals surface area contributed by atoms with Crippen molar-refractivity contribution in [1.82, 2.24) is 9.78 Å². The number of nitrogens with zero attached hydrogens (tertiary/aromatic N) is 2. The summed E-state index contributed by atoms with van der Waals surface area (Å²) in [5, 5.41) is 18.8. The minimum absolute atomic E-state index is 0.0170. The summed E-state index contributed by atoms with van der Waals surface area (Å²) >= 11 is 0. The summed E-state index contributed by atoms with van der Waals surface area (Å²) in [6.45, 7) is 6.59. The van der Waals surface area contributed by atoms with Gasteiger partial charge in [-0.2, -0.15) is 5.10 Å². The minimum atomic E-state index is -0.0170. The first-order valence-corrected chi connectivity index (χ1v) is 10.2. The first-order valence-electron chi connectivity index (χ1n) is 10.2. The number of phenolic OH excluding ortho intramolecular Hbond substituents is 1. The average molecular weight is 389 g/mol. The molecular formula is C24H27N3O2. The van der Waals surface area contributed by atoms with E-state index in [1.807, 2.05) is 12.1 Å². The second-order valence-electron chi connectivity index (χ2n) is 9.17. The van der Waals surface area contributed by atoms with Gasteiger partial charge in [0.2, 0.25) is 0 Å². The van der Waals surface area contributed by atoms with Crippen molar-refractivity contribution in [3.63, 3.8) is 0 Å². The molecule has 0 amide bonds. The van der Waals surface area contributed by atoms with Gasteiger partial charge in [-0.1, -0.05) is 51.1 Å². The summed E-state index contributed by atoms with van der Waals surface area (Å²) in [4.78, 5) is 0. The maximum atomic E-state index is 10.1. The number of methoxy groups -OCH3 is 1. The zero-order valence-electron chi connectivity index (χ0n) is 17.3. The molecule has 0 fully saturated rings. The Labute approximate surface area is 171 Å². The maximum Gasteiger partial charge on any atom is 0.160 e. The van der Waals surface area contributed by atoms with Crippen LogP contribution in [-0.4, -0.2) is 22.0 Å². The Balaban J connectivity index is 1.66. The maximum absolute atomic E-state index is 10.1. The fourth-order valence-corrected chi connectivity index (χ4v) is 4.78. The predicted octanol–water partition coefficient (Wildman–Crippen LogP) is 4.82. The molecular weight excluding hydrogens is 362 g/mol.